The van der Waals surface area contributed by atoms with Crippen LogP contribution in [0.25, 0.3) is 33.5 Å². The summed E-state index contributed by atoms with van der Waals surface area (Å²) in [6.45, 7) is 1.85. The van der Waals surface area contributed by atoms with Crippen molar-refractivity contribution in [3.63, 3.8) is 0 Å². The first-order chi connectivity index (χ1) is 12.2. The van der Waals surface area contributed by atoms with Gasteiger partial charge in [-0.2, -0.15) is 0 Å². The molecule has 0 radical (unpaired) electrons. The number of rotatable bonds is 3. The first-order valence-electron chi connectivity index (χ1n) is 7.80. The third kappa shape index (κ3) is 3.06. The number of benzene rings is 2. The Labute approximate surface area is 149 Å². The standard InChI is InChI=1S/C20H14FN3S/c1-13-9-23-20(11-22-13)18-7-6-14(8-19(18)21)16-4-2-3-5-17(16)15-10-24-25-12-15/h2-12H,1H3. The molecule has 0 aliphatic carbocycles. The summed E-state index contributed by atoms with van der Waals surface area (Å²) in [5.41, 5.74) is 5.66. The van der Waals surface area contributed by atoms with Gasteiger partial charge < -0.3 is 0 Å². The smallest absolute Gasteiger partial charge is 0.133 e. The lowest BCUT2D eigenvalue weighted by atomic mass is 9.95. The predicted octanol–water partition coefficient (Wildman–Crippen LogP) is 5.38. The molecule has 0 N–H and O–H groups in total. The van der Waals surface area contributed by atoms with Crippen LogP contribution in [0.1, 0.15) is 5.69 Å². The maximum Gasteiger partial charge on any atom is 0.133 e. The van der Waals surface area contributed by atoms with E-state index in [1.165, 1.54) is 11.5 Å². The Morgan fingerprint density at radius 1 is 0.840 bits per heavy atom. The summed E-state index contributed by atoms with van der Waals surface area (Å²) in [4.78, 5) is 8.45. The second kappa shape index (κ2) is 6.53. The van der Waals surface area contributed by atoms with Crippen LogP contribution in [0.15, 0.2) is 66.4 Å². The van der Waals surface area contributed by atoms with Crippen LogP contribution < -0.4 is 0 Å². The van der Waals surface area contributed by atoms with Gasteiger partial charge in [-0.15, -0.1) is 0 Å². The van der Waals surface area contributed by atoms with Gasteiger partial charge in [-0.1, -0.05) is 30.3 Å². The largest absolute Gasteiger partial charge is 0.258 e. The van der Waals surface area contributed by atoms with Crippen molar-refractivity contribution in [2.75, 3.05) is 0 Å². The van der Waals surface area contributed by atoms with E-state index in [4.69, 9.17) is 0 Å². The van der Waals surface area contributed by atoms with Crippen molar-refractivity contribution in [2.24, 2.45) is 0 Å². The van der Waals surface area contributed by atoms with Crippen LogP contribution in [0.5, 0.6) is 0 Å². The summed E-state index contributed by atoms with van der Waals surface area (Å²) >= 11 is 1.40. The van der Waals surface area contributed by atoms with E-state index in [1.54, 1.807) is 24.5 Å². The maximum atomic E-state index is 14.7. The van der Waals surface area contributed by atoms with Gasteiger partial charge in [-0.3, -0.25) is 9.97 Å². The molecule has 0 saturated carbocycles. The lowest BCUT2D eigenvalue weighted by Gasteiger charge is -2.10. The monoisotopic (exact) mass is 347 g/mol. The number of nitrogens with zero attached hydrogens (tertiary/aromatic N) is 3. The first kappa shape index (κ1) is 15.6. The first-order valence-corrected chi connectivity index (χ1v) is 8.64. The second-order valence-electron chi connectivity index (χ2n) is 5.70. The minimum atomic E-state index is -0.311. The molecular weight excluding hydrogens is 333 g/mol. The molecule has 0 atom stereocenters. The van der Waals surface area contributed by atoms with Crippen LogP contribution in [0, 0.1) is 12.7 Å². The molecule has 0 unspecified atom stereocenters. The van der Waals surface area contributed by atoms with Gasteiger partial charge in [0, 0.05) is 28.9 Å². The Kier molecular flexibility index (Phi) is 4.07. The Morgan fingerprint density at radius 3 is 2.28 bits per heavy atom. The number of halogens is 1. The van der Waals surface area contributed by atoms with Crippen LogP contribution in [-0.2, 0) is 0 Å². The van der Waals surface area contributed by atoms with Crippen LogP contribution in [-0.4, -0.2) is 14.3 Å². The molecule has 0 fully saturated rings. The molecule has 25 heavy (non-hydrogen) atoms. The molecule has 122 valence electrons. The third-order valence-corrected chi connectivity index (χ3v) is 4.59. The van der Waals surface area contributed by atoms with Crippen molar-refractivity contribution in [3.05, 3.63) is 77.9 Å². The van der Waals surface area contributed by atoms with E-state index in [-0.39, 0.29) is 5.82 Å². The molecule has 0 bridgehead atoms. The molecule has 2 aromatic heterocycles. The van der Waals surface area contributed by atoms with Gasteiger partial charge in [0.25, 0.3) is 0 Å². The molecule has 0 saturated heterocycles. The summed E-state index contributed by atoms with van der Waals surface area (Å²) in [7, 11) is 0. The van der Waals surface area contributed by atoms with Crippen LogP contribution in [0.3, 0.4) is 0 Å². The van der Waals surface area contributed by atoms with Crippen molar-refractivity contribution in [3.8, 4) is 33.5 Å². The highest BCUT2D eigenvalue weighted by molar-refractivity contribution is 7.03. The molecule has 5 heteroatoms. The van der Waals surface area contributed by atoms with Crippen LogP contribution >= 0.6 is 11.5 Å². The molecule has 0 spiro atoms. The Balaban J connectivity index is 1.79. The fourth-order valence-corrected chi connectivity index (χ4v) is 3.28. The summed E-state index contributed by atoms with van der Waals surface area (Å²) in [5, 5.41) is 1.99. The Morgan fingerprint density at radius 2 is 1.64 bits per heavy atom. The van der Waals surface area contributed by atoms with Crippen molar-refractivity contribution in [2.45, 2.75) is 6.92 Å². The van der Waals surface area contributed by atoms with E-state index in [1.807, 2.05) is 48.8 Å². The molecule has 0 aliphatic heterocycles. The fourth-order valence-electron chi connectivity index (χ4n) is 2.75. The third-order valence-electron chi connectivity index (χ3n) is 4.01. The molecule has 0 amide bonds. The highest BCUT2D eigenvalue weighted by Gasteiger charge is 2.12. The quantitative estimate of drug-likeness (QED) is 0.499. The fraction of sp³-hybridized carbons (Fsp3) is 0.0500. The summed E-state index contributed by atoms with van der Waals surface area (Å²) < 4.78 is 18.9. The van der Waals surface area contributed by atoms with Gasteiger partial charge in [0.1, 0.15) is 5.82 Å². The zero-order valence-electron chi connectivity index (χ0n) is 13.5. The molecular formula is C20H14FN3S. The molecule has 4 aromatic rings. The van der Waals surface area contributed by atoms with Gasteiger partial charge in [-0.25, -0.2) is 8.76 Å². The van der Waals surface area contributed by atoms with E-state index >= 15 is 0 Å². The van der Waals surface area contributed by atoms with E-state index in [2.05, 4.69) is 14.3 Å². The number of aromatic nitrogens is 3. The predicted molar refractivity (Wildman–Crippen MR) is 98.7 cm³/mol. The number of hydrogen-bond acceptors (Lipinski definition) is 4. The lowest BCUT2D eigenvalue weighted by Crippen LogP contribution is -1.92. The molecule has 2 heterocycles. The zero-order valence-corrected chi connectivity index (χ0v) is 14.3. The normalized spacial score (nSPS) is 10.8. The van der Waals surface area contributed by atoms with Gasteiger partial charge >= 0.3 is 0 Å². The van der Waals surface area contributed by atoms with Crippen molar-refractivity contribution < 1.29 is 4.39 Å². The maximum absolute atomic E-state index is 14.7. The SMILES string of the molecule is Cc1cnc(-c2ccc(-c3ccccc3-c3cnsc3)cc2F)cn1. The van der Waals surface area contributed by atoms with E-state index < -0.39 is 0 Å². The highest BCUT2D eigenvalue weighted by Crippen LogP contribution is 2.34. The topological polar surface area (TPSA) is 38.7 Å². The summed E-state index contributed by atoms with van der Waals surface area (Å²) in [6.07, 6.45) is 5.07. The number of aryl methyl sites for hydroxylation is 1. The molecule has 0 aliphatic rings. The minimum Gasteiger partial charge on any atom is -0.258 e. The minimum absolute atomic E-state index is 0.311. The second-order valence-corrected chi connectivity index (χ2v) is 6.35. The van der Waals surface area contributed by atoms with Crippen molar-refractivity contribution in [1.29, 1.82) is 0 Å². The lowest BCUT2D eigenvalue weighted by molar-refractivity contribution is 0.631. The van der Waals surface area contributed by atoms with Crippen molar-refractivity contribution in [1.82, 2.24) is 14.3 Å². The molecule has 2 aromatic carbocycles. The van der Waals surface area contributed by atoms with Crippen LogP contribution in [0.4, 0.5) is 4.39 Å². The van der Waals surface area contributed by atoms with E-state index in [9.17, 15) is 4.39 Å². The molecule has 4 rings (SSSR count). The van der Waals surface area contributed by atoms with Crippen molar-refractivity contribution >= 4 is 11.5 Å². The van der Waals surface area contributed by atoms with Crippen LogP contribution in [0.2, 0.25) is 0 Å². The Bertz CT molecular complexity index is 1010. The van der Waals surface area contributed by atoms with Gasteiger partial charge in [0.15, 0.2) is 0 Å². The van der Waals surface area contributed by atoms with Gasteiger partial charge in [0.05, 0.1) is 17.6 Å². The van der Waals surface area contributed by atoms with E-state index in [0.29, 0.717) is 11.3 Å². The number of hydrogen-bond donors (Lipinski definition) is 0. The zero-order chi connectivity index (χ0) is 17.2. The highest BCUT2D eigenvalue weighted by atomic mass is 32.1. The average Bonchev–Trinajstić information content (AvgIpc) is 3.17. The van der Waals surface area contributed by atoms with E-state index in [0.717, 1.165) is 27.9 Å². The Hall–Kier alpha value is -2.92. The summed E-state index contributed by atoms with van der Waals surface area (Å²) in [6, 6.07) is 13.2. The molecule has 3 nitrogen and oxygen atoms in total. The average molecular weight is 347 g/mol. The van der Waals surface area contributed by atoms with Gasteiger partial charge in [0.2, 0.25) is 0 Å². The summed E-state index contributed by atoms with van der Waals surface area (Å²) in [5.74, 6) is -0.311. The van der Waals surface area contributed by atoms with Gasteiger partial charge in [-0.05, 0) is 47.3 Å².